The van der Waals surface area contributed by atoms with Crippen LogP contribution < -0.4 is 9.47 Å². The molecule has 2 rings (SSSR count). The maximum Gasteiger partial charge on any atom is 0.317 e. The molecule has 1 atom stereocenters. The zero-order valence-corrected chi connectivity index (χ0v) is 14.0. The lowest BCUT2D eigenvalue weighted by molar-refractivity contribution is -0.138. The van der Waals surface area contributed by atoms with Crippen LogP contribution in [0.4, 0.5) is 0 Å². The van der Waals surface area contributed by atoms with Crippen LogP contribution in [0, 0.1) is 0 Å². The molecule has 0 aromatic heterocycles. The van der Waals surface area contributed by atoms with Crippen LogP contribution in [0.2, 0.25) is 0 Å². The molecular weight excluding hydrogens is 306 g/mol. The van der Waals surface area contributed by atoms with E-state index >= 15 is 0 Å². The quantitative estimate of drug-likeness (QED) is 0.765. The standard InChI is InChI=1S/C19H23NO4/c1-20(14-19(21)22)13-12-16(15-8-4-3-5-9-15)24-18-11-7-6-10-17(18)23-2/h3-11,16H,12-14H2,1-2H3,(H,21,22)/t16-/m0/s1. The first-order chi connectivity index (χ1) is 11.6. The number of carbonyl (C=O) groups is 1. The van der Waals surface area contributed by atoms with E-state index in [0.717, 1.165) is 5.56 Å². The van der Waals surface area contributed by atoms with Gasteiger partial charge in [-0.3, -0.25) is 9.69 Å². The van der Waals surface area contributed by atoms with Gasteiger partial charge in [-0.2, -0.15) is 0 Å². The van der Waals surface area contributed by atoms with Crippen LogP contribution >= 0.6 is 0 Å². The molecule has 0 radical (unpaired) electrons. The lowest BCUT2D eigenvalue weighted by atomic mass is 10.1. The molecule has 0 heterocycles. The molecule has 0 amide bonds. The Morgan fingerprint density at radius 1 is 1.08 bits per heavy atom. The Morgan fingerprint density at radius 3 is 2.33 bits per heavy atom. The highest BCUT2D eigenvalue weighted by molar-refractivity contribution is 5.68. The molecule has 0 aliphatic heterocycles. The van der Waals surface area contributed by atoms with E-state index in [2.05, 4.69) is 0 Å². The molecule has 0 saturated heterocycles. The summed E-state index contributed by atoms with van der Waals surface area (Å²) in [7, 11) is 3.40. The van der Waals surface area contributed by atoms with Crippen molar-refractivity contribution in [3.05, 3.63) is 60.2 Å². The van der Waals surface area contributed by atoms with Crippen LogP contribution in [0.1, 0.15) is 18.1 Å². The van der Waals surface area contributed by atoms with E-state index < -0.39 is 5.97 Å². The molecule has 5 nitrogen and oxygen atoms in total. The number of aliphatic carboxylic acids is 1. The highest BCUT2D eigenvalue weighted by Gasteiger charge is 2.17. The van der Waals surface area contributed by atoms with E-state index in [4.69, 9.17) is 14.6 Å². The van der Waals surface area contributed by atoms with Crippen molar-refractivity contribution in [2.45, 2.75) is 12.5 Å². The van der Waals surface area contributed by atoms with Crippen molar-refractivity contribution in [1.29, 1.82) is 0 Å². The van der Waals surface area contributed by atoms with E-state index in [1.54, 1.807) is 19.1 Å². The van der Waals surface area contributed by atoms with E-state index in [0.29, 0.717) is 24.5 Å². The summed E-state index contributed by atoms with van der Waals surface area (Å²) in [6, 6.07) is 17.4. The van der Waals surface area contributed by atoms with Gasteiger partial charge in [0.05, 0.1) is 13.7 Å². The van der Waals surface area contributed by atoms with Gasteiger partial charge in [0.1, 0.15) is 6.10 Å². The highest BCUT2D eigenvalue weighted by Crippen LogP contribution is 2.32. The molecule has 1 N–H and O–H groups in total. The van der Waals surface area contributed by atoms with Gasteiger partial charge in [-0.15, -0.1) is 0 Å². The lowest BCUT2D eigenvalue weighted by Crippen LogP contribution is -2.28. The van der Waals surface area contributed by atoms with Gasteiger partial charge in [-0.05, 0) is 24.7 Å². The predicted octanol–water partition coefficient (Wildman–Crippen LogP) is 3.22. The van der Waals surface area contributed by atoms with E-state index in [1.807, 2.05) is 54.6 Å². The smallest absolute Gasteiger partial charge is 0.317 e. The Labute approximate surface area is 142 Å². The molecular formula is C19H23NO4. The molecule has 5 heteroatoms. The summed E-state index contributed by atoms with van der Waals surface area (Å²) in [5, 5.41) is 8.88. The fourth-order valence-electron chi connectivity index (χ4n) is 2.48. The van der Waals surface area contributed by atoms with Crippen molar-refractivity contribution in [3.63, 3.8) is 0 Å². The van der Waals surface area contributed by atoms with Gasteiger partial charge in [0.2, 0.25) is 0 Å². The van der Waals surface area contributed by atoms with Crippen molar-refractivity contribution in [2.24, 2.45) is 0 Å². The Hall–Kier alpha value is -2.53. The Morgan fingerprint density at radius 2 is 1.71 bits per heavy atom. The number of carboxylic acids is 1. The minimum atomic E-state index is -0.834. The lowest BCUT2D eigenvalue weighted by Gasteiger charge is -2.23. The van der Waals surface area contributed by atoms with Crippen LogP contribution in [-0.2, 0) is 4.79 Å². The van der Waals surface area contributed by atoms with Crippen molar-refractivity contribution < 1.29 is 19.4 Å². The Balaban J connectivity index is 2.13. The number of ether oxygens (including phenoxy) is 2. The van der Waals surface area contributed by atoms with Gasteiger partial charge in [-0.25, -0.2) is 0 Å². The molecule has 0 saturated carbocycles. The minimum Gasteiger partial charge on any atom is -0.493 e. The molecule has 0 bridgehead atoms. The van der Waals surface area contributed by atoms with Crippen LogP contribution in [0.15, 0.2) is 54.6 Å². The number of likely N-dealkylation sites (N-methyl/N-ethyl adjacent to an activating group) is 1. The number of hydrogen-bond donors (Lipinski definition) is 1. The first kappa shape index (κ1) is 17.8. The maximum atomic E-state index is 10.8. The van der Waals surface area contributed by atoms with Gasteiger partial charge in [-0.1, -0.05) is 42.5 Å². The first-order valence-electron chi connectivity index (χ1n) is 7.85. The number of carboxylic acid groups (broad SMARTS) is 1. The van der Waals surface area contributed by atoms with Gasteiger partial charge in [0.25, 0.3) is 0 Å². The first-order valence-corrected chi connectivity index (χ1v) is 7.85. The van der Waals surface area contributed by atoms with Gasteiger partial charge in [0.15, 0.2) is 11.5 Å². The zero-order chi connectivity index (χ0) is 17.4. The summed E-state index contributed by atoms with van der Waals surface area (Å²) in [5.74, 6) is 0.520. The average Bonchev–Trinajstić information content (AvgIpc) is 2.59. The second-order valence-corrected chi connectivity index (χ2v) is 5.59. The summed E-state index contributed by atoms with van der Waals surface area (Å²) in [5.41, 5.74) is 1.05. The molecule has 2 aromatic carbocycles. The zero-order valence-electron chi connectivity index (χ0n) is 14.0. The maximum absolute atomic E-state index is 10.8. The van der Waals surface area contributed by atoms with Crippen molar-refractivity contribution in [3.8, 4) is 11.5 Å². The van der Waals surface area contributed by atoms with E-state index in [9.17, 15) is 4.79 Å². The molecule has 0 aliphatic rings. The topological polar surface area (TPSA) is 59.0 Å². The third-order valence-corrected chi connectivity index (χ3v) is 3.69. The van der Waals surface area contributed by atoms with Crippen LogP contribution in [0.5, 0.6) is 11.5 Å². The molecule has 0 spiro atoms. The van der Waals surface area contributed by atoms with E-state index in [1.165, 1.54) is 0 Å². The van der Waals surface area contributed by atoms with Crippen molar-refractivity contribution in [2.75, 3.05) is 27.2 Å². The SMILES string of the molecule is COc1ccccc1O[C@@H](CCN(C)CC(=O)O)c1ccccc1. The number of benzene rings is 2. The molecule has 128 valence electrons. The fraction of sp³-hybridized carbons (Fsp3) is 0.316. The van der Waals surface area contributed by atoms with Crippen LogP contribution in [-0.4, -0.2) is 43.2 Å². The van der Waals surface area contributed by atoms with Crippen molar-refractivity contribution in [1.82, 2.24) is 4.90 Å². The normalized spacial score (nSPS) is 12.0. The summed E-state index contributed by atoms with van der Waals surface area (Å²) in [6.45, 7) is 0.622. The summed E-state index contributed by atoms with van der Waals surface area (Å²) in [4.78, 5) is 12.6. The van der Waals surface area contributed by atoms with Crippen LogP contribution in [0.3, 0.4) is 0 Å². The molecule has 24 heavy (non-hydrogen) atoms. The summed E-state index contributed by atoms with van der Waals surface area (Å²) >= 11 is 0. The summed E-state index contributed by atoms with van der Waals surface area (Å²) in [6.07, 6.45) is 0.491. The van der Waals surface area contributed by atoms with Crippen molar-refractivity contribution >= 4 is 5.97 Å². The number of rotatable bonds is 9. The largest absolute Gasteiger partial charge is 0.493 e. The minimum absolute atomic E-state index is 0.0101. The number of para-hydroxylation sites is 2. The second kappa shape index (κ2) is 8.93. The van der Waals surface area contributed by atoms with Crippen LogP contribution in [0.25, 0.3) is 0 Å². The third-order valence-electron chi connectivity index (χ3n) is 3.69. The molecule has 0 aliphatic carbocycles. The monoisotopic (exact) mass is 329 g/mol. The third kappa shape index (κ3) is 5.28. The molecule has 0 unspecified atom stereocenters. The summed E-state index contributed by atoms with van der Waals surface area (Å²) < 4.78 is 11.5. The number of methoxy groups -OCH3 is 1. The molecule has 0 fully saturated rings. The number of hydrogen-bond acceptors (Lipinski definition) is 4. The van der Waals surface area contributed by atoms with Gasteiger partial charge >= 0.3 is 5.97 Å². The number of nitrogens with zero attached hydrogens (tertiary/aromatic N) is 1. The second-order valence-electron chi connectivity index (χ2n) is 5.59. The highest BCUT2D eigenvalue weighted by atomic mass is 16.5. The molecule has 2 aromatic rings. The Bertz CT molecular complexity index is 645. The predicted molar refractivity (Wildman–Crippen MR) is 92.6 cm³/mol. The van der Waals surface area contributed by atoms with Gasteiger partial charge < -0.3 is 14.6 Å². The Kier molecular flexibility index (Phi) is 6.63. The average molecular weight is 329 g/mol. The van der Waals surface area contributed by atoms with E-state index in [-0.39, 0.29) is 12.6 Å². The van der Waals surface area contributed by atoms with Gasteiger partial charge in [0, 0.05) is 13.0 Å². The fourth-order valence-corrected chi connectivity index (χ4v) is 2.48.